The zero-order valence-corrected chi connectivity index (χ0v) is 12.0. The van der Waals surface area contributed by atoms with Crippen LogP contribution in [0.1, 0.15) is 0 Å². The standard InChI is InChI=1S/C15H15ClFNO2/c1-18(10-19-2)13-8-7-11(16)9-15(13)20-14-6-4-3-5-12(14)17/h3-9H,10H2,1-2H3. The minimum absolute atomic E-state index is 0.154. The third-order valence-corrected chi connectivity index (χ3v) is 2.95. The van der Waals surface area contributed by atoms with Crippen LogP contribution in [-0.2, 0) is 4.74 Å². The molecule has 2 aromatic carbocycles. The van der Waals surface area contributed by atoms with Gasteiger partial charge in [-0.1, -0.05) is 23.7 Å². The maximum atomic E-state index is 13.7. The molecule has 0 unspecified atom stereocenters. The maximum Gasteiger partial charge on any atom is 0.165 e. The molecule has 0 aromatic heterocycles. The van der Waals surface area contributed by atoms with Crippen molar-refractivity contribution >= 4 is 17.3 Å². The van der Waals surface area contributed by atoms with Gasteiger partial charge in [-0.3, -0.25) is 0 Å². The molecule has 3 nitrogen and oxygen atoms in total. The Labute approximate surface area is 122 Å². The molecular weight excluding hydrogens is 281 g/mol. The Morgan fingerprint density at radius 2 is 1.90 bits per heavy atom. The monoisotopic (exact) mass is 295 g/mol. The van der Waals surface area contributed by atoms with Crippen molar-refractivity contribution in [2.75, 3.05) is 25.8 Å². The van der Waals surface area contributed by atoms with Crippen molar-refractivity contribution in [2.24, 2.45) is 0 Å². The molecule has 2 rings (SSSR count). The summed E-state index contributed by atoms with van der Waals surface area (Å²) in [4.78, 5) is 1.84. The first-order valence-corrected chi connectivity index (χ1v) is 6.41. The number of para-hydroxylation sites is 1. The number of ether oxygens (including phenoxy) is 2. The van der Waals surface area contributed by atoms with E-state index in [9.17, 15) is 4.39 Å². The Bertz CT molecular complexity index is 592. The normalized spacial score (nSPS) is 10.4. The summed E-state index contributed by atoms with van der Waals surface area (Å²) in [7, 11) is 3.45. The molecular formula is C15H15ClFNO2. The Balaban J connectivity index is 2.35. The molecule has 0 bridgehead atoms. The second-order valence-corrected chi connectivity index (χ2v) is 4.70. The van der Waals surface area contributed by atoms with E-state index in [1.807, 2.05) is 11.9 Å². The molecule has 0 saturated heterocycles. The van der Waals surface area contributed by atoms with E-state index in [-0.39, 0.29) is 5.75 Å². The molecule has 0 radical (unpaired) electrons. The number of hydrogen-bond donors (Lipinski definition) is 0. The Morgan fingerprint density at radius 3 is 2.60 bits per heavy atom. The highest BCUT2D eigenvalue weighted by Gasteiger charge is 2.12. The lowest BCUT2D eigenvalue weighted by molar-refractivity contribution is 0.201. The van der Waals surface area contributed by atoms with Crippen LogP contribution in [0.2, 0.25) is 5.02 Å². The number of rotatable bonds is 5. The van der Waals surface area contributed by atoms with Gasteiger partial charge < -0.3 is 14.4 Å². The average Bonchev–Trinajstić information content (AvgIpc) is 2.42. The molecule has 0 fully saturated rings. The van der Waals surface area contributed by atoms with Gasteiger partial charge >= 0.3 is 0 Å². The first-order valence-electron chi connectivity index (χ1n) is 6.04. The summed E-state index contributed by atoms with van der Waals surface area (Å²) in [5, 5.41) is 0.519. The summed E-state index contributed by atoms with van der Waals surface area (Å²) >= 11 is 5.98. The van der Waals surface area contributed by atoms with Crippen LogP contribution >= 0.6 is 11.6 Å². The van der Waals surface area contributed by atoms with E-state index in [1.54, 1.807) is 43.5 Å². The fraction of sp³-hybridized carbons (Fsp3) is 0.200. The van der Waals surface area contributed by atoms with Gasteiger partial charge in [-0.15, -0.1) is 0 Å². The van der Waals surface area contributed by atoms with Gasteiger partial charge in [-0.2, -0.15) is 0 Å². The fourth-order valence-electron chi connectivity index (χ4n) is 1.79. The lowest BCUT2D eigenvalue weighted by Gasteiger charge is -2.21. The van der Waals surface area contributed by atoms with Crippen LogP contribution in [0.5, 0.6) is 11.5 Å². The van der Waals surface area contributed by atoms with Gasteiger partial charge in [0.05, 0.1) is 5.69 Å². The van der Waals surface area contributed by atoms with Crippen molar-refractivity contribution in [2.45, 2.75) is 0 Å². The topological polar surface area (TPSA) is 21.7 Å². The molecule has 0 spiro atoms. The first-order chi connectivity index (χ1) is 9.61. The van der Waals surface area contributed by atoms with Crippen LogP contribution in [0.15, 0.2) is 42.5 Å². The molecule has 20 heavy (non-hydrogen) atoms. The van der Waals surface area contributed by atoms with Crippen molar-refractivity contribution in [1.29, 1.82) is 0 Å². The second-order valence-electron chi connectivity index (χ2n) is 4.26. The van der Waals surface area contributed by atoms with E-state index < -0.39 is 5.82 Å². The van der Waals surface area contributed by atoms with Crippen molar-refractivity contribution in [3.05, 3.63) is 53.3 Å². The fourth-order valence-corrected chi connectivity index (χ4v) is 1.96. The minimum atomic E-state index is -0.423. The van der Waals surface area contributed by atoms with Crippen LogP contribution in [0.3, 0.4) is 0 Å². The summed E-state index contributed by atoms with van der Waals surface area (Å²) in [6.07, 6.45) is 0. The van der Waals surface area contributed by atoms with Gasteiger partial charge in [0.25, 0.3) is 0 Å². The van der Waals surface area contributed by atoms with Crippen LogP contribution in [0.25, 0.3) is 0 Å². The SMILES string of the molecule is COCN(C)c1ccc(Cl)cc1Oc1ccccc1F. The summed E-state index contributed by atoms with van der Waals surface area (Å²) < 4.78 is 24.4. The van der Waals surface area contributed by atoms with Crippen LogP contribution < -0.4 is 9.64 Å². The van der Waals surface area contributed by atoms with Crippen LogP contribution in [-0.4, -0.2) is 20.9 Å². The van der Waals surface area contributed by atoms with E-state index in [1.165, 1.54) is 6.07 Å². The molecule has 0 saturated carbocycles. The van der Waals surface area contributed by atoms with Crippen LogP contribution in [0, 0.1) is 5.82 Å². The molecule has 0 N–H and O–H groups in total. The summed E-state index contributed by atoms with van der Waals surface area (Å²) in [6, 6.07) is 11.4. The molecule has 0 aliphatic carbocycles. The molecule has 0 amide bonds. The van der Waals surface area contributed by atoms with Gasteiger partial charge in [0.2, 0.25) is 0 Å². The average molecular weight is 296 g/mol. The van der Waals surface area contributed by atoms with Crippen molar-refractivity contribution < 1.29 is 13.9 Å². The van der Waals surface area contributed by atoms with Crippen LogP contribution in [0.4, 0.5) is 10.1 Å². The van der Waals surface area contributed by atoms with E-state index in [4.69, 9.17) is 21.1 Å². The lowest BCUT2D eigenvalue weighted by Crippen LogP contribution is -2.20. The minimum Gasteiger partial charge on any atom is -0.452 e. The third-order valence-electron chi connectivity index (χ3n) is 2.71. The predicted octanol–water partition coefficient (Wildman–Crippen LogP) is 4.31. The molecule has 5 heteroatoms. The molecule has 0 aliphatic rings. The summed E-state index contributed by atoms with van der Waals surface area (Å²) in [5.41, 5.74) is 0.763. The number of nitrogens with zero attached hydrogens (tertiary/aromatic N) is 1. The van der Waals surface area contributed by atoms with Crippen molar-refractivity contribution in [1.82, 2.24) is 0 Å². The smallest absolute Gasteiger partial charge is 0.165 e. The highest BCUT2D eigenvalue weighted by molar-refractivity contribution is 6.30. The van der Waals surface area contributed by atoms with Crippen molar-refractivity contribution in [3.63, 3.8) is 0 Å². The zero-order valence-electron chi connectivity index (χ0n) is 11.3. The highest BCUT2D eigenvalue weighted by Crippen LogP contribution is 2.35. The molecule has 0 atom stereocenters. The second kappa shape index (κ2) is 6.59. The Morgan fingerprint density at radius 1 is 1.15 bits per heavy atom. The van der Waals surface area contributed by atoms with E-state index in [0.717, 1.165) is 5.69 Å². The summed E-state index contributed by atoms with van der Waals surface area (Å²) in [5.74, 6) is 0.205. The molecule has 0 heterocycles. The number of halogens is 2. The number of anilines is 1. The Kier molecular flexibility index (Phi) is 4.82. The van der Waals surface area contributed by atoms with Gasteiger partial charge in [-0.05, 0) is 24.3 Å². The number of hydrogen-bond acceptors (Lipinski definition) is 3. The van der Waals surface area contributed by atoms with E-state index in [2.05, 4.69) is 0 Å². The van der Waals surface area contributed by atoms with Gasteiger partial charge in [0.15, 0.2) is 17.3 Å². The molecule has 106 valence electrons. The summed E-state index contributed by atoms with van der Waals surface area (Å²) in [6.45, 7) is 0.384. The number of benzene rings is 2. The molecule has 0 aliphatic heterocycles. The van der Waals surface area contributed by atoms with Crippen molar-refractivity contribution in [3.8, 4) is 11.5 Å². The van der Waals surface area contributed by atoms with Gasteiger partial charge in [0.1, 0.15) is 6.73 Å². The van der Waals surface area contributed by atoms with Gasteiger partial charge in [-0.25, -0.2) is 4.39 Å². The third kappa shape index (κ3) is 3.40. The predicted molar refractivity (Wildman–Crippen MR) is 78.2 cm³/mol. The number of methoxy groups -OCH3 is 1. The quantitative estimate of drug-likeness (QED) is 0.767. The van der Waals surface area contributed by atoms with Gasteiger partial charge in [0, 0.05) is 25.2 Å². The zero-order chi connectivity index (χ0) is 14.5. The first kappa shape index (κ1) is 14.6. The van der Waals surface area contributed by atoms with E-state index >= 15 is 0 Å². The maximum absolute atomic E-state index is 13.7. The highest BCUT2D eigenvalue weighted by atomic mass is 35.5. The molecule has 2 aromatic rings. The van der Waals surface area contributed by atoms with E-state index in [0.29, 0.717) is 17.5 Å². The lowest BCUT2D eigenvalue weighted by atomic mass is 10.2. The Hall–Kier alpha value is -1.78. The largest absolute Gasteiger partial charge is 0.452 e.